The highest BCUT2D eigenvalue weighted by atomic mass is 16.6. The normalized spacial score (nSPS) is 11.7. The van der Waals surface area contributed by atoms with Crippen LogP contribution in [0.4, 0.5) is 10.6 Å². The van der Waals surface area contributed by atoms with Crippen molar-refractivity contribution in [3.8, 4) is 0 Å². The molecule has 0 bridgehead atoms. The predicted molar refractivity (Wildman–Crippen MR) is 119 cm³/mol. The number of rotatable bonds is 6. The largest absolute Gasteiger partial charge is 0.443 e. The molecule has 0 saturated carbocycles. The Bertz CT molecular complexity index is 1150. The number of anilines is 1. The van der Waals surface area contributed by atoms with Gasteiger partial charge in [0.2, 0.25) is 11.7 Å². The number of benzene rings is 1. The molecule has 3 aromatic rings. The zero-order chi connectivity index (χ0) is 24.0. The highest BCUT2D eigenvalue weighted by Gasteiger charge is 2.27. The smallest absolute Gasteiger partial charge is 0.422 e. The molecule has 0 fully saturated rings. The molecule has 0 spiro atoms. The fourth-order valence-electron chi connectivity index (χ4n) is 2.77. The molecule has 0 aliphatic rings. The van der Waals surface area contributed by atoms with E-state index in [0.29, 0.717) is 17.2 Å². The molecule has 0 atom stereocenters. The van der Waals surface area contributed by atoms with E-state index in [4.69, 9.17) is 9.57 Å². The zero-order valence-corrected chi connectivity index (χ0v) is 19.1. The second-order valence-corrected chi connectivity index (χ2v) is 8.03. The number of hydrogen-bond donors (Lipinski definition) is 0. The molecule has 0 saturated heterocycles. The summed E-state index contributed by atoms with van der Waals surface area (Å²) < 4.78 is 6.81. The summed E-state index contributed by atoms with van der Waals surface area (Å²) >= 11 is 0. The Balaban J connectivity index is 1.82. The number of imide groups is 1. The second kappa shape index (κ2) is 9.98. The van der Waals surface area contributed by atoms with Gasteiger partial charge >= 0.3 is 6.09 Å². The quantitative estimate of drug-likeness (QED) is 0.414. The third-order valence-corrected chi connectivity index (χ3v) is 4.16. The van der Waals surface area contributed by atoms with Gasteiger partial charge in [-0.2, -0.15) is 4.90 Å². The molecule has 0 aliphatic heterocycles. The maximum Gasteiger partial charge on any atom is 0.422 e. The van der Waals surface area contributed by atoms with E-state index in [1.165, 1.54) is 11.6 Å². The Morgan fingerprint density at radius 3 is 2.42 bits per heavy atom. The molecular weight excluding hydrogens is 426 g/mol. The highest BCUT2D eigenvalue weighted by molar-refractivity contribution is 6.11. The molecule has 0 unspecified atom stereocenters. The first-order valence-corrected chi connectivity index (χ1v) is 10.1. The van der Waals surface area contributed by atoms with Gasteiger partial charge in [-0.25, -0.2) is 14.5 Å². The van der Waals surface area contributed by atoms with Crippen molar-refractivity contribution in [1.82, 2.24) is 25.2 Å². The molecule has 11 heteroatoms. The molecule has 11 nitrogen and oxygen atoms in total. The molecule has 1 aromatic carbocycles. The molecular formula is C22H25N7O4. The predicted octanol–water partition coefficient (Wildman–Crippen LogP) is 2.86. The number of carbonyl (C=O) groups excluding carboxylic acids is 2. The van der Waals surface area contributed by atoms with Gasteiger partial charge in [-0.15, -0.1) is 5.10 Å². The third-order valence-electron chi connectivity index (χ3n) is 4.16. The summed E-state index contributed by atoms with van der Waals surface area (Å²) in [4.78, 5) is 35.4. The van der Waals surface area contributed by atoms with E-state index in [2.05, 4.69) is 25.7 Å². The summed E-state index contributed by atoms with van der Waals surface area (Å²) in [5, 5.41) is 15.7. The number of aromatic nitrogens is 5. The third kappa shape index (κ3) is 6.19. The fraction of sp³-hybridized carbons (Fsp3) is 0.318. The van der Waals surface area contributed by atoms with Crippen molar-refractivity contribution < 1.29 is 19.2 Å². The van der Waals surface area contributed by atoms with Crippen molar-refractivity contribution in [2.45, 2.75) is 39.9 Å². The Labute approximate surface area is 191 Å². The second-order valence-electron chi connectivity index (χ2n) is 8.03. The summed E-state index contributed by atoms with van der Waals surface area (Å²) in [6.45, 7) is 6.40. The number of pyridine rings is 1. The van der Waals surface area contributed by atoms with E-state index < -0.39 is 17.6 Å². The van der Waals surface area contributed by atoms with Crippen LogP contribution in [-0.4, -0.2) is 48.5 Å². The Hall–Kier alpha value is -4.15. The minimum absolute atomic E-state index is 0.0183. The van der Waals surface area contributed by atoms with Crippen molar-refractivity contribution >= 4 is 23.5 Å². The van der Waals surface area contributed by atoms with E-state index in [-0.39, 0.29) is 12.4 Å². The van der Waals surface area contributed by atoms with Gasteiger partial charge in [0.25, 0.3) is 0 Å². The first kappa shape index (κ1) is 23.5. The summed E-state index contributed by atoms with van der Waals surface area (Å²) in [5.74, 6) is 0.0344. The van der Waals surface area contributed by atoms with Crippen molar-refractivity contribution in [3.63, 3.8) is 0 Å². The van der Waals surface area contributed by atoms with E-state index >= 15 is 0 Å². The number of tetrazole rings is 1. The zero-order valence-electron chi connectivity index (χ0n) is 19.1. The molecule has 2 heterocycles. The lowest BCUT2D eigenvalue weighted by Gasteiger charge is -2.24. The van der Waals surface area contributed by atoms with E-state index in [1.54, 1.807) is 46.0 Å². The monoisotopic (exact) mass is 451 g/mol. The average molecular weight is 451 g/mol. The lowest BCUT2D eigenvalue weighted by atomic mass is 10.1. The van der Waals surface area contributed by atoms with Crippen molar-refractivity contribution in [1.29, 1.82) is 0 Å². The molecule has 0 radical (unpaired) electrons. The number of hydrogen-bond acceptors (Lipinski definition) is 9. The van der Waals surface area contributed by atoms with Crippen molar-refractivity contribution in [3.05, 3.63) is 65.6 Å². The van der Waals surface area contributed by atoms with E-state index in [1.807, 2.05) is 30.3 Å². The van der Waals surface area contributed by atoms with E-state index in [9.17, 15) is 9.59 Å². The van der Waals surface area contributed by atoms with Gasteiger partial charge in [0.05, 0.1) is 5.69 Å². The van der Waals surface area contributed by atoms with Crippen LogP contribution in [0.3, 0.4) is 0 Å². The SMILES string of the molecule is CC(=O)N(C(=O)OC(C)(C)C)c1cccc(CON=C(c2ccccc2)c2nnnn2C)n1. The Kier molecular flexibility index (Phi) is 7.11. The van der Waals surface area contributed by atoms with Gasteiger partial charge < -0.3 is 9.57 Å². The summed E-state index contributed by atoms with van der Waals surface area (Å²) in [7, 11) is 1.70. The molecule has 3 rings (SSSR count). The average Bonchev–Trinajstić information content (AvgIpc) is 3.16. The number of aryl methyl sites for hydroxylation is 1. The minimum Gasteiger partial charge on any atom is -0.443 e. The lowest BCUT2D eigenvalue weighted by molar-refractivity contribution is -0.116. The van der Waals surface area contributed by atoms with Gasteiger partial charge in [0, 0.05) is 19.5 Å². The molecule has 33 heavy (non-hydrogen) atoms. The van der Waals surface area contributed by atoms with Crippen LogP contribution >= 0.6 is 0 Å². The van der Waals surface area contributed by atoms with Gasteiger partial charge in [-0.1, -0.05) is 41.6 Å². The van der Waals surface area contributed by atoms with Crippen LogP contribution in [0.1, 0.15) is 44.8 Å². The standard InChI is InChI=1S/C22H25N7O4/c1-15(30)29(21(31)33-22(2,3)4)18-13-9-12-17(23-18)14-32-25-19(16-10-7-6-8-11-16)20-24-26-27-28(20)5/h6-13H,14H2,1-5H3. The van der Waals surface area contributed by atoms with Crippen LogP contribution < -0.4 is 4.90 Å². The van der Waals surface area contributed by atoms with Crippen LogP contribution in [0, 0.1) is 0 Å². The van der Waals surface area contributed by atoms with Crippen LogP contribution in [0.25, 0.3) is 0 Å². The van der Waals surface area contributed by atoms with Crippen molar-refractivity contribution in [2.24, 2.45) is 12.2 Å². The number of oxime groups is 1. The maximum atomic E-state index is 12.5. The van der Waals surface area contributed by atoms with Crippen LogP contribution in [-0.2, 0) is 28.0 Å². The van der Waals surface area contributed by atoms with Gasteiger partial charge in [0.1, 0.15) is 11.4 Å². The lowest BCUT2D eigenvalue weighted by Crippen LogP contribution is -2.40. The topological polar surface area (TPSA) is 125 Å². The molecule has 2 amide bonds. The summed E-state index contributed by atoms with van der Waals surface area (Å²) in [6.07, 6.45) is -0.806. The van der Waals surface area contributed by atoms with Crippen LogP contribution in [0.2, 0.25) is 0 Å². The Morgan fingerprint density at radius 1 is 1.09 bits per heavy atom. The Morgan fingerprint density at radius 2 is 1.82 bits per heavy atom. The van der Waals surface area contributed by atoms with Crippen molar-refractivity contribution in [2.75, 3.05) is 4.90 Å². The molecule has 2 aromatic heterocycles. The van der Waals surface area contributed by atoms with Gasteiger partial charge in [-0.05, 0) is 43.3 Å². The minimum atomic E-state index is -0.806. The number of amides is 2. The van der Waals surface area contributed by atoms with Crippen LogP contribution in [0.15, 0.2) is 53.7 Å². The first-order chi connectivity index (χ1) is 15.7. The summed E-state index contributed by atoms with van der Waals surface area (Å²) in [5.41, 5.74) is 0.903. The molecule has 172 valence electrons. The first-order valence-electron chi connectivity index (χ1n) is 10.1. The summed E-state index contributed by atoms with van der Waals surface area (Å²) in [6, 6.07) is 14.2. The fourth-order valence-corrected chi connectivity index (χ4v) is 2.77. The van der Waals surface area contributed by atoms with Gasteiger partial charge in [0.15, 0.2) is 12.3 Å². The highest BCUT2D eigenvalue weighted by Crippen LogP contribution is 2.18. The number of ether oxygens (including phenoxy) is 1. The number of carbonyl (C=O) groups is 2. The molecule has 0 N–H and O–H groups in total. The van der Waals surface area contributed by atoms with Crippen LogP contribution in [0.5, 0.6) is 0 Å². The molecule has 0 aliphatic carbocycles. The van der Waals surface area contributed by atoms with E-state index in [0.717, 1.165) is 10.5 Å². The maximum absolute atomic E-state index is 12.5. The number of nitrogens with zero attached hydrogens (tertiary/aromatic N) is 7. The van der Waals surface area contributed by atoms with Gasteiger partial charge in [-0.3, -0.25) is 4.79 Å².